The summed E-state index contributed by atoms with van der Waals surface area (Å²) in [5.74, 6) is 0. The summed E-state index contributed by atoms with van der Waals surface area (Å²) in [6.45, 7) is 1.50. The lowest BCUT2D eigenvalue weighted by atomic mass is 10.3. The number of nitrogens with zero attached hydrogens (tertiary/aromatic N) is 5. The molecule has 9 heteroatoms. The number of hydrogen-bond donors (Lipinski definition) is 1. The van der Waals surface area contributed by atoms with Gasteiger partial charge < -0.3 is 14.7 Å². The molecular formula is C11H12ClN5O3. The Morgan fingerprint density at radius 1 is 1.55 bits per heavy atom. The average Bonchev–Trinajstić information content (AvgIpc) is 2.82. The normalized spacial score (nSPS) is 19.4. The Morgan fingerprint density at radius 3 is 3.20 bits per heavy atom. The maximum atomic E-state index is 11.0. The molecule has 2 aromatic heterocycles. The molecule has 0 aromatic carbocycles. The molecule has 106 valence electrons. The first-order valence-corrected chi connectivity index (χ1v) is 6.45. The summed E-state index contributed by atoms with van der Waals surface area (Å²) >= 11 is 5.77. The van der Waals surface area contributed by atoms with E-state index in [-0.39, 0.29) is 11.4 Å². The summed E-state index contributed by atoms with van der Waals surface area (Å²) in [6, 6.07) is 0. The molecule has 3 heterocycles. The predicted molar refractivity (Wildman–Crippen MR) is 69.7 cm³/mol. The molecule has 3 rings (SSSR count). The molecule has 0 radical (unpaired) electrons. The number of hydrogen-bond acceptors (Lipinski definition) is 5. The molecule has 0 bridgehead atoms. The number of carboxylic acid groups (broad SMARTS) is 1. The third kappa shape index (κ3) is 2.52. The van der Waals surface area contributed by atoms with Crippen molar-refractivity contribution in [2.45, 2.75) is 12.6 Å². The Kier molecular flexibility index (Phi) is 3.41. The van der Waals surface area contributed by atoms with Crippen molar-refractivity contribution in [3.05, 3.63) is 17.7 Å². The molecule has 1 atom stereocenters. The number of rotatable bonds is 2. The molecule has 1 fully saturated rings. The van der Waals surface area contributed by atoms with Crippen molar-refractivity contribution in [1.82, 2.24) is 24.6 Å². The van der Waals surface area contributed by atoms with Crippen LogP contribution in [0.2, 0.25) is 5.28 Å². The van der Waals surface area contributed by atoms with E-state index in [0.717, 1.165) is 5.39 Å². The van der Waals surface area contributed by atoms with Crippen LogP contribution >= 0.6 is 11.6 Å². The lowest BCUT2D eigenvalue weighted by Crippen LogP contribution is -2.46. The van der Waals surface area contributed by atoms with E-state index < -0.39 is 6.09 Å². The zero-order valence-electron chi connectivity index (χ0n) is 10.4. The Morgan fingerprint density at radius 2 is 2.40 bits per heavy atom. The Labute approximate surface area is 118 Å². The molecule has 1 aliphatic rings. The second-order valence-electron chi connectivity index (χ2n) is 4.47. The minimum Gasteiger partial charge on any atom is -0.465 e. The van der Waals surface area contributed by atoms with E-state index in [2.05, 4.69) is 15.1 Å². The first-order valence-electron chi connectivity index (χ1n) is 6.07. The molecule has 1 amide bonds. The molecule has 0 spiro atoms. The number of morpholine rings is 1. The zero-order chi connectivity index (χ0) is 14.1. The lowest BCUT2D eigenvalue weighted by Gasteiger charge is -2.30. The third-order valence-corrected chi connectivity index (χ3v) is 3.32. The van der Waals surface area contributed by atoms with E-state index in [1.807, 2.05) is 0 Å². The van der Waals surface area contributed by atoms with Gasteiger partial charge in [-0.1, -0.05) is 0 Å². The summed E-state index contributed by atoms with van der Waals surface area (Å²) in [5.41, 5.74) is 0.612. The van der Waals surface area contributed by atoms with Crippen LogP contribution in [0.15, 0.2) is 12.4 Å². The van der Waals surface area contributed by atoms with Gasteiger partial charge in [0.25, 0.3) is 0 Å². The summed E-state index contributed by atoms with van der Waals surface area (Å²) < 4.78 is 7.22. The Hall–Kier alpha value is -1.93. The largest absolute Gasteiger partial charge is 0.465 e. The van der Waals surface area contributed by atoms with Crippen molar-refractivity contribution in [2.75, 3.05) is 19.7 Å². The van der Waals surface area contributed by atoms with Crippen LogP contribution in [0, 0.1) is 0 Å². The fourth-order valence-electron chi connectivity index (χ4n) is 2.18. The smallest absolute Gasteiger partial charge is 0.407 e. The van der Waals surface area contributed by atoms with Crippen LogP contribution < -0.4 is 0 Å². The van der Waals surface area contributed by atoms with Crippen molar-refractivity contribution < 1.29 is 14.6 Å². The fraction of sp³-hybridized carbons (Fsp3) is 0.455. The van der Waals surface area contributed by atoms with Gasteiger partial charge in [0, 0.05) is 12.7 Å². The summed E-state index contributed by atoms with van der Waals surface area (Å²) in [7, 11) is 0. The van der Waals surface area contributed by atoms with Gasteiger partial charge in [0.1, 0.15) is 0 Å². The van der Waals surface area contributed by atoms with Gasteiger partial charge in [-0.2, -0.15) is 10.1 Å². The molecule has 0 unspecified atom stereocenters. The van der Waals surface area contributed by atoms with Gasteiger partial charge in [-0.3, -0.25) is 0 Å². The zero-order valence-corrected chi connectivity index (χ0v) is 11.2. The maximum Gasteiger partial charge on any atom is 0.407 e. The molecule has 1 N–H and O–H groups in total. The molecule has 0 aliphatic carbocycles. The monoisotopic (exact) mass is 297 g/mol. The van der Waals surface area contributed by atoms with Crippen LogP contribution in [0.1, 0.15) is 0 Å². The highest BCUT2D eigenvalue weighted by atomic mass is 35.5. The average molecular weight is 298 g/mol. The van der Waals surface area contributed by atoms with Crippen LogP contribution in [0.3, 0.4) is 0 Å². The van der Waals surface area contributed by atoms with E-state index in [4.69, 9.17) is 21.4 Å². The highest BCUT2D eigenvalue weighted by Crippen LogP contribution is 2.14. The lowest BCUT2D eigenvalue weighted by molar-refractivity contribution is -0.0302. The molecule has 0 saturated carbocycles. The Balaban J connectivity index is 1.79. The quantitative estimate of drug-likeness (QED) is 0.826. The van der Waals surface area contributed by atoms with E-state index in [0.29, 0.717) is 31.9 Å². The van der Waals surface area contributed by atoms with Gasteiger partial charge in [0.05, 0.1) is 37.4 Å². The minimum absolute atomic E-state index is 0.149. The fourth-order valence-corrected chi connectivity index (χ4v) is 2.30. The van der Waals surface area contributed by atoms with Gasteiger partial charge >= 0.3 is 6.09 Å². The third-order valence-electron chi connectivity index (χ3n) is 3.13. The van der Waals surface area contributed by atoms with Gasteiger partial charge in [-0.25, -0.2) is 14.5 Å². The van der Waals surface area contributed by atoms with Crippen molar-refractivity contribution in [3.63, 3.8) is 0 Å². The minimum atomic E-state index is -0.936. The molecule has 1 saturated heterocycles. The van der Waals surface area contributed by atoms with Crippen LogP contribution in [0.4, 0.5) is 4.79 Å². The predicted octanol–water partition coefficient (Wildman–Crippen LogP) is 0.858. The van der Waals surface area contributed by atoms with E-state index in [1.54, 1.807) is 17.1 Å². The van der Waals surface area contributed by atoms with Crippen LogP contribution in [-0.4, -0.2) is 61.6 Å². The standard InChI is InChI=1S/C11H12ClN5O3/c12-10-13-3-7-4-14-17(9(7)15-10)6-8-5-16(11(18)19)1-2-20-8/h3-4,8H,1-2,5-6H2,(H,18,19)/t8-/m1/s1. The maximum absolute atomic E-state index is 11.0. The van der Waals surface area contributed by atoms with Gasteiger partial charge in [-0.15, -0.1) is 0 Å². The van der Waals surface area contributed by atoms with Gasteiger partial charge in [-0.05, 0) is 11.6 Å². The second-order valence-corrected chi connectivity index (χ2v) is 4.80. The molecule has 1 aliphatic heterocycles. The first-order chi connectivity index (χ1) is 9.63. The summed E-state index contributed by atoms with van der Waals surface area (Å²) in [5, 5.41) is 14.1. The number of carbonyl (C=O) groups is 1. The van der Waals surface area contributed by atoms with E-state index in [1.165, 1.54) is 4.90 Å². The van der Waals surface area contributed by atoms with Crippen molar-refractivity contribution >= 4 is 28.7 Å². The summed E-state index contributed by atoms with van der Waals surface area (Å²) in [6.07, 6.45) is 2.05. The topological polar surface area (TPSA) is 93.4 Å². The van der Waals surface area contributed by atoms with Crippen LogP contribution in [0.25, 0.3) is 11.0 Å². The van der Waals surface area contributed by atoms with Crippen molar-refractivity contribution in [3.8, 4) is 0 Å². The van der Waals surface area contributed by atoms with Crippen LogP contribution in [-0.2, 0) is 11.3 Å². The highest BCUT2D eigenvalue weighted by Gasteiger charge is 2.24. The van der Waals surface area contributed by atoms with Crippen LogP contribution in [0.5, 0.6) is 0 Å². The second kappa shape index (κ2) is 5.22. The molecular weight excluding hydrogens is 286 g/mol. The number of fused-ring (bicyclic) bond motifs is 1. The first kappa shape index (κ1) is 13.1. The van der Waals surface area contributed by atoms with E-state index >= 15 is 0 Å². The highest BCUT2D eigenvalue weighted by molar-refractivity contribution is 6.28. The van der Waals surface area contributed by atoms with Gasteiger partial charge in [0.15, 0.2) is 5.65 Å². The summed E-state index contributed by atoms with van der Waals surface area (Å²) in [4.78, 5) is 20.3. The van der Waals surface area contributed by atoms with E-state index in [9.17, 15) is 4.79 Å². The molecule has 20 heavy (non-hydrogen) atoms. The SMILES string of the molecule is O=C(O)N1CCO[C@@H](Cn2ncc3cnc(Cl)nc32)C1. The molecule has 8 nitrogen and oxygen atoms in total. The molecule has 2 aromatic rings. The number of aromatic nitrogens is 4. The van der Waals surface area contributed by atoms with Crippen molar-refractivity contribution in [2.24, 2.45) is 0 Å². The van der Waals surface area contributed by atoms with Crippen molar-refractivity contribution in [1.29, 1.82) is 0 Å². The Bertz CT molecular complexity index is 646. The van der Waals surface area contributed by atoms with Gasteiger partial charge in [0.2, 0.25) is 5.28 Å². The number of ether oxygens (including phenoxy) is 1. The number of halogens is 1. The number of amides is 1.